The van der Waals surface area contributed by atoms with Crippen LogP contribution in [0.2, 0.25) is 0 Å². The van der Waals surface area contributed by atoms with Crippen molar-refractivity contribution in [2.45, 2.75) is 71.1 Å². The third kappa shape index (κ3) is 5.92. The standard InChI is InChI=1S/C23H32OSSi/c1-5-7-11-19-15-22(20(12-8-6-2)14-21(19)24)25-16-26-23-13-9-10-17(3)18(23)4/h9-10,13-15,24H,5-8,11-12,16H2,1-4H3. The summed E-state index contributed by atoms with van der Waals surface area (Å²) in [6.07, 6.45) is 6.70. The van der Waals surface area contributed by atoms with Crippen LogP contribution in [0.4, 0.5) is 0 Å². The molecular weight excluding hydrogens is 352 g/mol. The Labute approximate surface area is 166 Å². The molecule has 2 aromatic rings. The molecule has 2 rings (SSSR count). The molecular formula is C23H32OSSi. The lowest BCUT2D eigenvalue weighted by atomic mass is 10.0. The fourth-order valence-corrected chi connectivity index (χ4v) is 5.83. The Morgan fingerprint density at radius 3 is 2.35 bits per heavy atom. The Balaban J connectivity index is 2.12. The predicted octanol–water partition coefficient (Wildman–Crippen LogP) is 5.77. The number of rotatable bonds is 10. The second-order valence-corrected chi connectivity index (χ2v) is 9.78. The quantitative estimate of drug-likeness (QED) is 0.414. The van der Waals surface area contributed by atoms with Crippen LogP contribution >= 0.6 is 11.8 Å². The van der Waals surface area contributed by atoms with Crippen molar-refractivity contribution in [2.24, 2.45) is 0 Å². The molecule has 2 aromatic carbocycles. The van der Waals surface area contributed by atoms with Crippen LogP contribution in [0.1, 0.15) is 61.8 Å². The fraction of sp³-hybridized carbons (Fsp3) is 0.478. The molecule has 0 saturated heterocycles. The van der Waals surface area contributed by atoms with Crippen LogP contribution in [0, 0.1) is 13.8 Å². The van der Waals surface area contributed by atoms with Gasteiger partial charge in [-0.2, -0.15) is 0 Å². The summed E-state index contributed by atoms with van der Waals surface area (Å²) in [5.74, 6) is 0.492. The Morgan fingerprint density at radius 1 is 0.962 bits per heavy atom. The van der Waals surface area contributed by atoms with Crippen LogP contribution in [-0.4, -0.2) is 20.0 Å². The lowest BCUT2D eigenvalue weighted by Gasteiger charge is -2.14. The Bertz CT molecular complexity index is 712. The van der Waals surface area contributed by atoms with Crippen molar-refractivity contribution in [3.8, 4) is 5.75 Å². The number of thioether (sulfide) groups is 1. The number of phenolic OH excluding ortho intramolecular Hbond substituents is 1. The maximum atomic E-state index is 10.4. The first-order chi connectivity index (χ1) is 12.6. The minimum atomic E-state index is 0.492. The second kappa shape index (κ2) is 10.8. The predicted molar refractivity (Wildman–Crippen MR) is 117 cm³/mol. The summed E-state index contributed by atoms with van der Waals surface area (Å²) in [7, 11) is 0.819. The van der Waals surface area contributed by atoms with Crippen molar-refractivity contribution < 1.29 is 5.11 Å². The molecule has 3 heteroatoms. The van der Waals surface area contributed by atoms with Gasteiger partial charge in [-0.15, -0.1) is 11.8 Å². The highest BCUT2D eigenvalue weighted by Gasteiger charge is 2.11. The molecule has 26 heavy (non-hydrogen) atoms. The number of hydrogen-bond acceptors (Lipinski definition) is 2. The number of aryl methyl sites for hydroxylation is 3. The maximum absolute atomic E-state index is 10.4. The highest BCUT2D eigenvalue weighted by molar-refractivity contribution is 8.00. The van der Waals surface area contributed by atoms with Gasteiger partial charge in [0.1, 0.15) is 5.75 Å². The van der Waals surface area contributed by atoms with Crippen LogP contribution in [0.15, 0.2) is 35.2 Å². The van der Waals surface area contributed by atoms with E-state index in [1.807, 2.05) is 17.8 Å². The zero-order valence-electron chi connectivity index (χ0n) is 16.7. The zero-order chi connectivity index (χ0) is 18.9. The second-order valence-electron chi connectivity index (χ2n) is 7.01. The van der Waals surface area contributed by atoms with E-state index in [0.29, 0.717) is 5.75 Å². The van der Waals surface area contributed by atoms with Gasteiger partial charge in [-0.1, -0.05) is 50.1 Å². The third-order valence-electron chi connectivity index (χ3n) is 4.96. The molecule has 0 saturated carbocycles. The van der Waals surface area contributed by atoms with Crippen LogP contribution in [0.25, 0.3) is 0 Å². The van der Waals surface area contributed by atoms with Gasteiger partial charge in [-0.05, 0) is 79.3 Å². The molecule has 0 fully saturated rings. The Hall–Kier alpha value is -1.19. The fourth-order valence-electron chi connectivity index (χ4n) is 3.05. The molecule has 0 spiro atoms. The highest BCUT2D eigenvalue weighted by Crippen LogP contribution is 2.31. The van der Waals surface area contributed by atoms with Gasteiger partial charge in [0.15, 0.2) is 0 Å². The first kappa shape index (κ1) is 21.1. The number of benzene rings is 2. The summed E-state index contributed by atoms with van der Waals surface area (Å²) < 4.78 is 0. The minimum absolute atomic E-state index is 0.492. The van der Waals surface area contributed by atoms with Gasteiger partial charge in [-0.25, -0.2) is 0 Å². The van der Waals surface area contributed by atoms with Crippen molar-refractivity contribution in [2.75, 3.05) is 5.38 Å². The first-order valence-electron chi connectivity index (χ1n) is 9.84. The molecule has 0 aromatic heterocycles. The molecule has 0 atom stereocenters. The van der Waals surface area contributed by atoms with E-state index in [2.05, 4.69) is 52.0 Å². The topological polar surface area (TPSA) is 20.2 Å². The largest absolute Gasteiger partial charge is 0.508 e. The molecule has 0 heterocycles. The summed E-state index contributed by atoms with van der Waals surface area (Å²) in [4.78, 5) is 1.38. The van der Waals surface area contributed by atoms with E-state index in [1.54, 1.807) is 0 Å². The van der Waals surface area contributed by atoms with E-state index >= 15 is 0 Å². The van der Waals surface area contributed by atoms with E-state index in [-0.39, 0.29) is 0 Å². The SMILES string of the molecule is CCCCc1cc(SC[Si]c2cccc(C)c2C)c(CCCC)cc1O. The lowest BCUT2D eigenvalue weighted by Crippen LogP contribution is -2.20. The van der Waals surface area contributed by atoms with E-state index in [0.717, 1.165) is 46.1 Å². The molecule has 2 radical (unpaired) electrons. The normalized spacial score (nSPS) is 11.1. The van der Waals surface area contributed by atoms with E-state index in [1.165, 1.54) is 39.6 Å². The van der Waals surface area contributed by atoms with Crippen LogP contribution in [0.5, 0.6) is 5.75 Å². The van der Waals surface area contributed by atoms with Crippen LogP contribution in [-0.2, 0) is 12.8 Å². The average Bonchev–Trinajstić information content (AvgIpc) is 2.63. The van der Waals surface area contributed by atoms with Crippen molar-refractivity contribution >= 4 is 26.5 Å². The first-order valence-corrected chi connectivity index (χ1v) is 12.0. The molecule has 0 aliphatic carbocycles. The summed E-state index contributed by atoms with van der Waals surface area (Å²) >= 11 is 1.96. The number of unbranched alkanes of at least 4 members (excludes halogenated alkanes) is 2. The molecule has 0 bridgehead atoms. The number of phenols is 1. The summed E-state index contributed by atoms with van der Waals surface area (Å²) in [5.41, 5.74) is 5.26. The van der Waals surface area contributed by atoms with Gasteiger partial charge in [-0.3, -0.25) is 0 Å². The summed E-state index contributed by atoms with van der Waals surface area (Å²) in [6, 6.07) is 10.9. The molecule has 0 aliphatic heterocycles. The Kier molecular flexibility index (Phi) is 8.80. The van der Waals surface area contributed by atoms with Gasteiger partial charge >= 0.3 is 0 Å². The van der Waals surface area contributed by atoms with Gasteiger partial charge in [0.2, 0.25) is 0 Å². The van der Waals surface area contributed by atoms with Gasteiger partial charge in [0.05, 0.1) is 9.52 Å². The Morgan fingerprint density at radius 2 is 1.65 bits per heavy atom. The molecule has 0 aliphatic rings. The van der Waals surface area contributed by atoms with Crippen LogP contribution in [0.3, 0.4) is 0 Å². The minimum Gasteiger partial charge on any atom is -0.508 e. The summed E-state index contributed by atoms with van der Waals surface area (Å²) in [6.45, 7) is 8.86. The number of aromatic hydroxyl groups is 1. The molecule has 1 N–H and O–H groups in total. The van der Waals surface area contributed by atoms with Crippen molar-refractivity contribution in [1.29, 1.82) is 0 Å². The van der Waals surface area contributed by atoms with E-state index in [4.69, 9.17) is 0 Å². The van der Waals surface area contributed by atoms with Gasteiger partial charge in [0, 0.05) is 4.90 Å². The average molecular weight is 385 g/mol. The monoisotopic (exact) mass is 384 g/mol. The highest BCUT2D eigenvalue weighted by atomic mass is 32.2. The number of hydrogen-bond donors (Lipinski definition) is 1. The summed E-state index contributed by atoms with van der Waals surface area (Å²) in [5, 5.41) is 13.0. The third-order valence-corrected chi connectivity index (χ3v) is 7.72. The molecule has 1 nitrogen and oxygen atoms in total. The van der Waals surface area contributed by atoms with Crippen molar-refractivity contribution in [1.82, 2.24) is 0 Å². The van der Waals surface area contributed by atoms with E-state index in [9.17, 15) is 5.11 Å². The van der Waals surface area contributed by atoms with Crippen molar-refractivity contribution in [3.63, 3.8) is 0 Å². The van der Waals surface area contributed by atoms with Crippen LogP contribution < -0.4 is 5.19 Å². The van der Waals surface area contributed by atoms with Crippen molar-refractivity contribution in [3.05, 3.63) is 52.6 Å². The molecule has 0 amide bonds. The smallest absolute Gasteiger partial charge is 0.119 e. The lowest BCUT2D eigenvalue weighted by molar-refractivity contribution is 0.465. The van der Waals surface area contributed by atoms with Gasteiger partial charge < -0.3 is 5.11 Å². The zero-order valence-corrected chi connectivity index (χ0v) is 18.5. The van der Waals surface area contributed by atoms with E-state index < -0.39 is 0 Å². The maximum Gasteiger partial charge on any atom is 0.119 e. The molecule has 140 valence electrons. The van der Waals surface area contributed by atoms with Gasteiger partial charge in [0.25, 0.3) is 0 Å². The molecule has 0 unspecified atom stereocenters.